The van der Waals surface area contributed by atoms with Crippen molar-refractivity contribution in [2.45, 2.75) is 44.6 Å². The Kier molecular flexibility index (Phi) is 3.07. The Morgan fingerprint density at radius 2 is 1.88 bits per heavy atom. The van der Waals surface area contributed by atoms with E-state index in [1.54, 1.807) is 6.20 Å². The van der Waals surface area contributed by atoms with Crippen molar-refractivity contribution in [2.24, 2.45) is 0 Å². The smallest absolute Gasteiger partial charge is 0.247 e. The molecule has 3 rings (SSSR count). The molecule has 1 aliphatic carbocycles. The van der Waals surface area contributed by atoms with Crippen LogP contribution in [0, 0.1) is 0 Å². The highest BCUT2D eigenvalue weighted by atomic mass is 15.3. The van der Waals surface area contributed by atoms with Crippen LogP contribution in [0.25, 0.3) is 0 Å². The van der Waals surface area contributed by atoms with Gasteiger partial charge in [0.15, 0.2) is 5.82 Å². The molecule has 0 unspecified atom stereocenters. The van der Waals surface area contributed by atoms with Crippen LogP contribution in [-0.4, -0.2) is 34.3 Å². The van der Waals surface area contributed by atoms with Crippen LogP contribution in [0.4, 0.5) is 11.8 Å². The van der Waals surface area contributed by atoms with Crippen molar-refractivity contribution in [1.29, 1.82) is 0 Å². The summed E-state index contributed by atoms with van der Waals surface area (Å²) >= 11 is 0. The summed E-state index contributed by atoms with van der Waals surface area (Å²) in [6.45, 7) is 2.13. The lowest BCUT2D eigenvalue weighted by atomic mass is 10.2. The summed E-state index contributed by atoms with van der Waals surface area (Å²) in [5.41, 5.74) is 0. The van der Waals surface area contributed by atoms with Gasteiger partial charge in [-0.3, -0.25) is 0 Å². The zero-order chi connectivity index (χ0) is 11.5. The number of aromatic nitrogens is 3. The lowest BCUT2D eigenvalue weighted by molar-refractivity contribution is 0.743. The SMILES string of the molecule is c1nnc(N2CCCC2)nc1NC1CCCC1. The van der Waals surface area contributed by atoms with Crippen molar-refractivity contribution >= 4 is 11.8 Å². The Balaban J connectivity index is 1.69. The van der Waals surface area contributed by atoms with E-state index in [1.807, 2.05) is 0 Å². The molecular formula is C12H19N5. The highest BCUT2D eigenvalue weighted by Crippen LogP contribution is 2.22. The third-order valence-corrected chi connectivity index (χ3v) is 3.64. The predicted molar refractivity (Wildman–Crippen MR) is 67.2 cm³/mol. The van der Waals surface area contributed by atoms with E-state index in [9.17, 15) is 0 Å². The zero-order valence-electron chi connectivity index (χ0n) is 10.1. The van der Waals surface area contributed by atoms with Crippen LogP contribution in [0.15, 0.2) is 6.20 Å². The molecule has 0 aromatic carbocycles. The van der Waals surface area contributed by atoms with Crippen LogP contribution in [0.3, 0.4) is 0 Å². The summed E-state index contributed by atoms with van der Waals surface area (Å²) in [6, 6.07) is 0.582. The summed E-state index contributed by atoms with van der Waals surface area (Å²) in [5.74, 6) is 1.67. The van der Waals surface area contributed by atoms with E-state index in [-0.39, 0.29) is 0 Å². The topological polar surface area (TPSA) is 53.9 Å². The maximum atomic E-state index is 4.56. The molecule has 5 heteroatoms. The molecule has 1 aromatic heterocycles. The second kappa shape index (κ2) is 4.85. The van der Waals surface area contributed by atoms with E-state index < -0.39 is 0 Å². The largest absolute Gasteiger partial charge is 0.366 e. The van der Waals surface area contributed by atoms with Gasteiger partial charge in [0.05, 0.1) is 6.20 Å². The van der Waals surface area contributed by atoms with E-state index in [1.165, 1.54) is 38.5 Å². The maximum Gasteiger partial charge on any atom is 0.247 e. The minimum atomic E-state index is 0.582. The van der Waals surface area contributed by atoms with Crippen LogP contribution < -0.4 is 10.2 Å². The summed E-state index contributed by atoms with van der Waals surface area (Å²) in [5, 5.41) is 11.6. The molecule has 92 valence electrons. The van der Waals surface area contributed by atoms with Crippen LogP contribution in [0.2, 0.25) is 0 Å². The van der Waals surface area contributed by atoms with Crippen molar-refractivity contribution in [3.05, 3.63) is 6.20 Å². The van der Waals surface area contributed by atoms with E-state index in [0.29, 0.717) is 6.04 Å². The molecule has 0 radical (unpaired) electrons. The van der Waals surface area contributed by atoms with Gasteiger partial charge in [-0.2, -0.15) is 10.1 Å². The Morgan fingerprint density at radius 3 is 2.65 bits per heavy atom. The van der Waals surface area contributed by atoms with Gasteiger partial charge in [0.1, 0.15) is 0 Å². The van der Waals surface area contributed by atoms with E-state index in [2.05, 4.69) is 25.4 Å². The fraction of sp³-hybridized carbons (Fsp3) is 0.750. The fourth-order valence-electron chi connectivity index (χ4n) is 2.69. The average Bonchev–Trinajstić information content (AvgIpc) is 3.01. The van der Waals surface area contributed by atoms with Crippen molar-refractivity contribution < 1.29 is 0 Å². The quantitative estimate of drug-likeness (QED) is 0.863. The monoisotopic (exact) mass is 233 g/mol. The minimum Gasteiger partial charge on any atom is -0.366 e. The van der Waals surface area contributed by atoms with Gasteiger partial charge in [0, 0.05) is 19.1 Å². The van der Waals surface area contributed by atoms with Gasteiger partial charge < -0.3 is 10.2 Å². The molecule has 1 saturated carbocycles. The van der Waals surface area contributed by atoms with E-state index in [0.717, 1.165) is 24.9 Å². The zero-order valence-corrected chi connectivity index (χ0v) is 10.1. The van der Waals surface area contributed by atoms with Gasteiger partial charge in [-0.1, -0.05) is 12.8 Å². The van der Waals surface area contributed by atoms with Crippen molar-refractivity contribution in [3.8, 4) is 0 Å². The Bertz CT molecular complexity index is 369. The van der Waals surface area contributed by atoms with Crippen LogP contribution >= 0.6 is 0 Å². The van der Waals surface area contributed by atoms with E-state index >= 15 is 0 Å². The number of nitrogens with one attached hydrogen (secondary N) is 1. The number of anilines is 2. The van der Waals surface area contributed by atoms with Gasteiger partial charge in [-0.15, -0.1) is 5.10 Å². The molecule has 0 amide bonds. The van der Waals surface area contributed by atoms with Gasteiger partial charge in [-0.05, 0) is 25.7 Å². The average molecular weight is 233 g/mol. The first-order chi connectivity index (χ1) is 8.42. The van der Waals surface area contributed by atoms with Crippen molar-refractivity contribution in [3.63, 3.8) is 0 Å². The Morgan fingerprint density at radius 1 is 1.12 bits per heavy atom. The van der Waals surface area contributed by atoms with Crippen LogP contribution in [0.5, 0.6) is 0 Å². The van der Waals surface area contributed by atoms with Gasteiger partial charge >= 0.3 is 0 Å². The Labute approximate surface area is 102 Å². The summed E-state index contributed by atoms with van der Waals surface area (Å²) in [7, 11) is 0. The molecule has 0 spiro atoms. The molecule has 1 N–H and O–H groups in total. The highest BCUT2D eigenvalue weighted by Gasteiger charge is 2.18. The van der Waals surface area contributed by atoms with Crippen LogP contribution in [0.1, 0.15) is 38.5 Å². The number of nitrogens with zero attached hydrogens (tertiary/aromatic N) is 4. The lowest BCUT2D eigenvalue weighted by Crippen LogP contribution is -2.22. The number of hydrogen-bond acceptors (Lipinski definition) is 5. The lowest BCUT2D eigenvalue weighted by Gasteiger charge is -2.16. The molecule has 2 fully saturated rings. The molecule has 2 aliphatic rings. The number of rotatable bonds is 3. The fourth-order valence-corrected chi connectivity index (χ4v) is 2.69. The molecule has 2 heterocycles. The predicted octanol–water partition coefficient (Wildman–Crippen LogP) is 1.83. The first kappa shape index (κ1) is 10.7. The standard InChI is InChI=1S/C12H19N5/c1-2-6-10(5-1)14-11-9-13-16-12(15-11)17-7-3-4-8-17/h9-10H,1-8H2,(H,14,15,16). The molecule has 5 nitrogen and oxygen atoms in total. The molecule has 0 bridgehead atoms. The molecule has 1 aliphatic heterocycles. The van der Waals surface area contributed by atoms with Crippen molar-refractivity contribution in [2.75, 3.05) is 23.3 Å². The Hall–Kier alpha value is -1.39. The third-order valence-electron chi connectivity index (χ3n) is 3.64. The van der Waals surface area contributed by atoms with Crippen LogP contribution in [-0.2, 0) is 0 Å². The summed E-state index contributed by atoms with van der Waals surface area (Å²) < 4.78 is 0. The van der Waals surface area contributed by atoms with E-state index in [4.69, 9.17) is 0 Å². The second-order valence-electron chi connectivity index (χ2n) is 4.96. The first-order valence-corrected chi connectivity index (χ1v) is 6.63. The van der Waals surface area contributed by atoms with Crippen molar-refractivity contribution in [1.82, 2.24) is 15.2 Å². The molecule has 17 heavy (non-hydrogen) atoms. The summed E-state index contributed by atoms with van der Waals surface area (Å²) in [6.07, 6.45) is 9.38. The first-order valence-electron chi connectivity index (χ1n) is 6.63. The minimum absolute atomic E-state index is 0.582. The normalized spacial score (nSPS) is 21.1. The maximum absolute atomic E-state index is 4.56. The molecule has 1 aromatic rings. The second-order valence-corrected chi connectivity index (χ2v) is 4.96. The molecular weight excluding hydrogens is 214 g/mol. The van der Waals surface area contributed by atoms with Gasteiger partial charge in [-0.25, -0.2) is 0 Å². The van der Waals surface area contributed by atoms with Gasteiger partial charge in [0.2, 0.25) is 5.95 Å². The highest BCUT2D eigenvalue weighted by molar-refractivity contribution is 5.40. The number of hydrogen-bond donors (Lipinski definition) is 1. The third kappa shape index (κ3) is 2.48. The van der Waals surface area contributed by atoms with Gasteiger partial charge in [0.25, 0.3) is 0 Å². The molecule has 1 saturated heterocycles. The summed E-state index contributed by atoms with van der Waals surface area (Å²) in [4.78, 5) is 6.77. The molecule has 0 atom stereocenters.